The van der Waals surface area contributed by atoms with E-state index in [9.17, 15) is 28.1 Å². The lowest BCUT2D eigenvalue weighted by Gasteiger charge is -2.33. The number of ether oxygens (including phenoxy) is 1. The SMILES string of the molecule is CC1CCCCC1OCCNC(=O)C1CCN(c2ccc(C(F)(F)F)cc2[N+](=O)[O-])CC1. The van der Waals surface area contributed by atoms with Crippen LogP contribution in [-0.2, 0) is 15.7 Å². The van der Waals surface area contributed by atoms with Crippen molar-refractivity contribution in [1.29, 1.82) is 0 Å². The van der Waals surface area contributed by atoms with Crippen molar-refractivity contribution in [2.24, 2.45) is 11.8 Å². The zero-order valence-corrected chi connectivity index (χ0v) is 18.2. The van der Waals surface area contributed by atoms with Gasteiger partial charge in [0.05, 0.1) is 23.2 Å². The van der Waals surface area contributed by atoms with E-state index in [4.69, 9.17) is 4.74 Å². The summed E-state index contributed by atoms with van der Waals surface area (Å²) >= 11 is 0. The minimum Gasteiger partial charge on any atom is -0.376 e. The van der Waals surface area contributed by atoms with Crippen molar-refractivity contribution in [1.82, 2.24) is 5.32 Å². The highest BCUT2D eigenvalue weighted by Crippen LogP contribution is 2.37. The van der Waals surface area contributed by atoms with Crippen LogP contribution >= 0.6 is 0 Å². The second kappa shape index (κ2) is 10.5. The maximum Gasteiger partial charge on any atom is 0.416 e. The van der Waals surface area contributed by atoms with E-state index in [0.29, 0.717) is 51.1 Å². The Balaban J connectivity index is 1.48. The fraction of sp³-hybridized carbons (Fsp3) is 0.682. The van der Waals surface area contributed by atoms with E-state index in [-0.39, 0.29) is 23.6 Å². The summed E-state index contributed by atoms with van der Waals surface area (Å²) in [5, 5.41) is 14.2. The number of nitrogens with zero attached hydrogens (tertiary/aromatic N) is 2. The van der Waals surface area contributed by atoms with E-state index in [2.05, 4.69) is 12.2 Å². The smallest absolute Gasteiger partial charge is 0.376 e. The number of hydrogen-bond donors (Lipinski definition) is 1. The normalized spacial score (nSPS) is 22.6. The predicted octanol–water partition coefficient (Wildman–Crippen LogP) is 4.54. The molecule has 3 rings (SSSR count). The van der Waals surface area contributed by atoms with E-state index in [0.717, 1.165) is 18.6 Å². The second-order valence-electron chi connectivity index (χ2n) is 8.68. The van der Waals surface area contributed by atoms with Gasteiger partial charge in [0.1, 0.15) is 5.69 Å². The molecule has 1 aliphatic heterocycles. The summed E-state index contributed by atoms with van der Waals surface area (Å²) in [5.74, 6) is 0.234. The average Bonchev–Trinajstić information content (AvgIpc) is 2.76. The first-order valence-electron chi connectivity index (χ1n) is 11.2. The van der Waals surface area contributed by atoms with Gasteiger partial charge < -0.3 is 15.0 Å². The number of benzene rings is 1. The summed E-state index contributed by atoms with van der Waals surface area (Å²) in [5.41, 5.74) is -1.47. The van der Waals surface area contributed by atoms with Gasteiger partial charge in [-0.1, -0.05) is 19.8 Å². The third kappa shape index (κ3) is 6.11. The number of nitrogens with one attached hydrogen (secondary N) is 1. The van der Waals surface area contributed by atoms with Gasteiger partial charge >= 0.3 is 6.18 Å². The van der Waals surface area contributed by atoms with Crippen molar-refractivity contribution in [3.8, 4) is 0 Å². The Kier molecular flexibility index (Phi) is 7.97. The number of rotatable bonds is 7. The van der Waals surface area contributed by atoms with E-state index < -0.39 is 22.4 Å². The van der Waals surface area contributed by atoms with Crippen LogP contribution in [0.4, 0.5) is 24.5 Å². The highest BCUT2D eigenvalue weighted by molar-refractivity contribution is 5.79. The Hall–Kier alpha value is -2.36. The molecule has 1 aromatic rings. The molecule has 2 atom stereocenters. The van der Waals surface area contributed by atoms with Crippen LogP contribution in [0.3, 0.4) is 0 Å². The number of anilines is 1. The van der Waals surface area contributed by atoms with Gasteiger partial charge in [0.25, 0.3) is 5.69 Å². The van der Waals surface area contributed by atoms with Crippen molar-refractivity contribution >= 4 is 17.3 Å². The molecule has 32 heavy (non-hydrogen) atoms. The molecule has 1 saturated heterocycles. The van der Waals surface area contributed by atoms with Crippen LogP contribution < -0.4 is 10.2 Å². The van der Waals surface area contributed by atoms with Gasteiger partial charge in [-0.2, -0.15) is 13.2 Å². The van der Waals surface area contributed by atoms with Gasteiger partial charge in [-0.05, 0) is 43.7 Å². The largest absolute Gasteiger partial charge is 0.416 e. The first-order chi connectivity index (χ1) is 15.2. The van der Waals surface area contributed by atoms with E-state index in [1.54, 1.807) is 4.90 Å². The molecular formula is C22H30F3N3O4. The Morgan fingerprint density at radius 1 is 1.22 bits per heavy atom. The van der Waals surface area contributed by atoms with Gasteiger partial charge in [0, 0.05) is 31.6 Å². The molecule has 0 bridgehead atoms. The number of carbonyl (C=O) groups is 1. The average molecular weight is 457 g/mol. The quantitative estimate of drug-likeness (QED) is 0.369. The van der Waals surface area contributed by atoms with E-state index in [1.165, 1.54) is 19.3 Å². The Bertz CT molecular complexity index is 810. The van der Waals surface area contributed by atoms with Gasteiger partial charge in [-0.25, -0.2) is 0 Å². The molecule has 2 aliphatic rings. The molecular weight excluding hydrogens is 427 g/mol. The number of amides is 1. The van der Waals surface area contributed by atoms with Gasteiger partial charge in [0.15, 0.2) is 0 Å². The van der Waals surface area contributed by atoms with Crippen LogP contribution in [-0.4, -0.2) is 43.2 Å². The molecule has 0 radical (unpaired) electrons. The number of nitro benzene ring substituents is 1. The van der Waals surface area contributed by atoms with Crippen molar-refractivity contribution in [2.45, 2.75) is 57.7 Å². The van der Waals surface area contributed by atoms with Crippen LogP contribution in [0, 0.1) is 22.0 Å². The minimum absolute atomic E-state index is 0.0770. The number of hydrogen-bond acceptors (Lipinski definition) is 5. The lowest BCUT2D eigenvalue weighted by Crippen LogP contribution is -2.41. The zero-order chi connectivity index (χ0) is 23.3. The third-order valence-electron chi connectivity index (χ3n) is 6.47. The predicted molar refractivity (Wildman–Crippen MR) is 113 cm³/mol. The molecule has 2 fully saturated rings. The summed E-state index contributed by atoms with van der Waals surface area (Å²) in [6.45, 7) is 3.82. The summed E-state index contributed by atoms with van der Waals surface area (Å²) < 4.78 is 44.6. The van der Waals surface area contributed by atoms with Crippen LogP contribution in [0.25, 0.3) is 0 Å². The lowest BCUT2D eigenvalue weighted by molar-refractivity contribution is -0.384. The second-order valence-corrected chi connectivity index (χ2v) is 8.68. The van der Waals surface area contributed by atoms with Gasteiger partial charge in [-0.15, -0.1) is 0 Å². The van der Waals surface area contributed by atoms with Crippen molar-refractivity contribution in [2.75, 3.05) is 31.1 Å². The number of halogens is 3. The molecule has 1 saturated carbocycles. The number of piperidine rings is 1. The molecule has 0 aromatic heterocycles. The molecule has 1 aromatic carbocycles. The summed E-state index contributed by atoms with van der Waals surface area (Å²) in [4.78, 5) is 24.7. The first kappa shape index (κ1) is 24.3. The summed E-state index contributed by atoms with van der Waals surface area (Å²) in [7, 11) is 0. The molecule has 1 amide bonds. The lowest BCUT2D eigenvalue weighted by atomic mass is 9.88. The van der Waals surface area contributed by atoms with Crippen LogP contribution in [0.1, 0.15) is 51.0 Å². The maximum atomic E-state index is 12.9. The molecule has 7 nitrogen and oxygen atoms in total. The Labute approximate surface area is 185 Å². The topological polar surface area (TPSA) is 84.7 Å². The van der Waals surface area contributed by atoms with E-state index in [1.807, 2.05) is 0 Å². The van der Waals surface area contributed by atoms with Crippen LogP contribution in [0.5, 0.6) is 0 Å². The Morgan fingerprint density at radius 2 is 1.91 bits per heavy atom. The summed E-state index contributed by atoms with van der Waals surface area (Å²) in [6.07, 6.45) is 1.21. The Morgan fingerprint density at radius 3 is 2.53 bits per heavy atom. The molecule has 1 N–H and O–H groups in total. The van der Waals surface area contributed by atoms with Gasteiger partial charge in [-0.3, -0.25) is 14.9 Å². The highest BCUT2D eigenvalue weighted by Gasteiger charge is 2.35. The van der Waals surface area contributed by atoms with Crippen molar-refractivity contribution < 1.29 is 27.6 Å². The molecule has 178 valence electrons. The monoisotopic (exact) mass is 457 g/mol. The molecule has 10 heteroatoms. The number of nitro groups is 1. The third-order valence-corrected chi connectivity index (χ3v) is 6.47. The van der Waals surface area contributed by atoms with Crippen molar-refractivity contribution in [3.63, 3.8) is 0 Å². The van der Waals surface area contributed by atoms with Gasteiger partial charge in [0.2, 0.25) is 5.91 Å². The first-order valence-corrected chi connectivity index (χ1v) is 11.2. The molecule has 1 heterocycles. The fourth-order valence-corrected chi connectivity index (χ4v) is 4.55. The van der Waals surface area contributed by atoms with E-state index >= 15 is 0 Å². The maximum absolute atomic E-state index is 12.9. The zero-order valence-electron chi connectivity index (χ0n) is 18.2. The van der Waals surface area contributed by atoms with Crippen LogP contribution in [0.15, 0.2) is 18.2 Å². The standard InChI is InChI=1S/C22H30F3N3O4/c1-15-4-2-3-5-20(15)32-13-10-26-21(29)16-8-11-27(12-9-16)18-7-6-17(22(23,24)25)14-19(18)28(30)31/h6-7,14-16,20H,2-5,8-13H2,1H3,(H,26,29). The van der Waals surface area contributed by atoms with Crippen LogP contribution in [0.2, 0.25) is 0 Å². The number of carbonyl (C=O) groups excluding carboxylic acids is 1. The summed E-state index contributed by atoms with van der Waals surface area (Å²) in [6, 6.07) is 2.57. The molecule has 1 aliphatic carbocycles. The number of alkyl halides is 3. The minimum atomic E-state index is -4.65. The highest BCUT2D eigenvalue weighted by atomic mass is 19.4. The fourth-order valence-electron chi connectivity index (χ4n) is 4.55. The van der Waals surface area contributed by atoms with Crippen molar-refractivity contribution in [3.05, 3.63) is 33.9 Å². The molecule has 0 spiro atoms. The molecule has 2 unspecified atom stereocenters.